The third-order valence-corrected chi connectivity index (χ3v) is 3.06. The first kappa shape index (κ1) is 12.7. The Balaban J connectivity index is 2.13. The minimum absolute atomic E-state index is 0.0525. The lowest BCUT2D eigenvalue weighted by Gasteiger charge is -2.22. The van der Waals surface area contributed by atoms with Gasteiger partial charge in [0.1, 0.15) is 5.75 Å². The average molecular weight is 250 g/mol. The van der Waals surface area contributed by atoms with Crippen molar-refractivity contribution in [1.82, 2.24) is 4.90 Å². The lowest BCUT2D eigenvalue weighted by Crippen LogP contribution is -2.35. The molecule has 1 aliphatic carbocycles. The summed E-state index contributed by atoms with van der Waals surface area (Å²) >= 11 is 0. The van der Waals surface area contributed by atoms with E-state index >= 15 is 0 Å². The van der Waals surface area contributed by atoms with Crippen molar-refractivity contribution in [1.29, 1.82) is 0 Å². The molecule has 0 spiro atoms. The summed E-state index contributed by atoms with van der Waals surface area (Å²) in [5.74, 6) is -0.131. The van der Waals surface area contributed by atoms with Crippen molar-refractivity contribution < 1.29 is 14.6 Å². The maximum atomic E-state index is 12.3. The summed E-state index contributed by atoms with van der Waals surface area (Å²) in [5.41, 5.74) is 6.26. The molecule has 1 saturated carbocycles. The molecule has 0 aliphatic heterocycles. The molecule has 0 atom stereocenters. The van der Waals surface area contributed by atoms with Gasteiger partial charge in [0.2, 0.25) is 0 Å². The zero-order valence-corrected chi connectivity index (χ0v) is 10.4. The second-order valence-electron chi connectivity index (χ2n) is 4.50. The van der Waals surface area contributed by atoms with E-state index < -0.39 is 0 Å². The number of rotatable bonds is 5. The molecular formula is C13H18N2O3. The third-order valence-electron chi connectivity index (χ3n) is 3.06. The van der Waals surface area contributed by atoms with E-state index in [1.165, 1.54) is 6.07 Å². The van der Waals surface area contributed by atoms with Crippen LogP contribution in [-0.4, -0.2) is 42.2 Å². The smallest absolute Gasteiger partial charge is 0.254 e. The van der Waals surface area contributed by atoms with E-state index in [0.29, 0.717) is 24.8 Å². The first-order valence-corrected chi connectivity index (χ1v) is 6.02. The van der Waals surface area contributed by atoms with Gasteiger partial charge in [0.15, 0.2) is 0 Å². The molecule has 5 heteroatoms. The molecule has 1 aliphatic rings. The monoisotopic (exact) mass is 250 g/mol. The van der Waals surface area contributed by atoms with E-state index in [1.54, 1.807) is 24.1 Å². The Morgan fingerprint density at radius 3 is 2.83 bits per heavy atom. The fourth-order valence-corrected chi connectivity index (χ4v) is 1.87. The van der Waals surface area contributed by atoms with E-state index in [1.807, 2.05) is 0 Å². The van der Waals surface area contributed by atoms with Crippen LogP contribution in [0.1, 0.15) is 23.2 Å². The summed E-state index contributed by atoms with van der Waals surface area (Å²) in [5, 5.41) is 9.54. The highest BCUT2D eigenvalue weighted by molar-refractivity contribution is 5.95. The molecule has 18 heavy (non-hydrogen) atoms. The van der Waals surface area contributed by atoms with Crippen molar-refractivity contribution in [2.24, 2.45) is 0 Å². The minimum Gasteiger partial charge on any atom is -0.506 e. The van der Waals surface area contributed by atoms with Crippen LogP contribution in [0.5, 0.6) is 5.75 Å². The number of anilines is 1. The first-order chi connectivity index (χ1) is 8.63. The van der Waals surface area contributed by atoms with Crippen molar-refractivity contribution >= 4 is 11.6 Å². The van der Waals surface area contributed by atoms with Crippen molar-refractivity contribution in [2.45, 2.75) is 18.9 Å². The topological polar surface area (TPSA) is 75.8 Å². The number of carbonyl (C=O) groups excluding carboxylic acids is 1. The van der Waals surface area contributed by atoms with Crippen LogP contribution in [0.15, 0.2) is 18.2 Å². The van der Waals surface area contributed by atoms with Gasteiger partial charge in [-0.3, -0.25) is 4.79 Å². The van der Waals surface area contributed by atoms with Gasteiger partial charge < -0.3 is 20.5 Å². The molecular weight excluding hydrogens is 232 g/mol. The summed E-state index contributed by atoms with van der Waals surface area (Å²) in [6, 6.07) is 4.91. The van der Waals surface area contributed by atoms with Crippen LogP contribution in [0.2, 0.25) is 0 Å². The Morgan fingerprint density at radius 2 is 2.28 bits per heavy atom. The second kappa shape index (κ2) is 5.27. The summed E-state index contributed by atoms with van der Waals surface area (Å²) in [4.78, 5) is 14.1. The van der Waals surface area contributed by atoms with Crippen LogP contribution >= 0.6 is 0 Å². The number of methoxy groups -OCH3 is 1. The van der Waals surface area contributed by atoms with Gasteiger partial charge in [0, 0.05) is 25.3 Å². The van der Waals surface area contributed by atoms with E-state index in [2.05, 4.69) is 0 Å². The van der Waals surface area contributed by atoms with E-state index in [-0.39, 0.29) is 17.3 Å². The Kier molecular flexibility index (Phi) is 3.72. The number of ether oxygens (including phenoxy) is 1. The maximum Gasteiger partial charge on any atom is 0.254 e. The number of phenols is 1. The minimum atomic E-state index is -0.0788. The van der Waals surface area contributed by atoms with Gasteiger partial charge in [-0.15, -0.1) is 0 Å². The van der Waals surface area contributed by atoms with Gasteiger partial charge in [-0.1, -0.05) is 0 Å². The fraction of sp³-hybridized carbons (Fsp3) is 0.462. The lowest BCUT2D eigenvalue weighted by molar-refractivity contribution is 0.0680. The van der Waals surface area contributed by atoms with E-state index in [0.717, 1.165) is 12.8 Å². The van der Waals surface area contributed by atoms with Gasteiger partial charge in [0.05, 0.1) is 12.3 Å². The van der Waals surface area contributed by atoms with Gasteiger partial charge in [-0.2, -0.15) is 0 Å². The Labute approximate surface area is 106 Å². The Bertz CT molecular complexity index is 444. The molecule has 1 aromatic rings. The third kappa shape index (κ3) is 2.73. The average Bonchev–Trinajstić information content (AvgIpc) is 3.17. The highest BCUT2D eigenvalue weighted by atomic mass is 16.5. The van der Waals surface area contributed by atoms with Gasteiger partial charge in [-0.05, 0) is 31.0 Å². The van der Waals surface area contributed by atoms with Crippen LogP contribution in [0.25, 0.3) is 0 Å². The first-order valence-electron chi connectivity index (χ1n) is 6.02. The van der Waals surface area contributed by atoms with Crippen LogP contribution in [0.3, 0.4) is 0 Å². The van der Waals surface area contributed by atoms with E-state index in [4.69, 9.17) is 10.5 Å². The van der Waals surface area contributed by atoms with Crippen molar-refractivity contribution in [3.63, 3.8) is 0 Å². The normalized spacial score (nSPS) is 14.5. The predicted molar refractivity (Wildman–Crippen MR) is 68.5 cm³/mol. The highest BCUT2D eigenvalue weighted by Gasteiger charge is 2.32. The number of aromatic hydroxyl groups is 1. The number of carbonyl (C=O) groups is 1. The molecule has 0 saturated heterocycles. The van der Waals surface area contributed by atoms with E-state index in [9.17, 15) is 9.90 Å². The summed E-state index contributed by atoms with van der Waals surface area (Å²) in [6.45, 7) is 1.09. The number of phenolic OH excluding ortho intramolecular Hbond substituents is 1. The molecule has 2 rings (SSSR count). The van der Waals surface area contributed by atoms with Crippen LogP contribution < -0.4 is 5.73 Å². The van der Waals surface area contributed by atoms with Gasteiger partial charge in [-0.25, -0.2) is 0 Å². The summed E-state index contributed by atoms with van der Waals surface area (Å²) in [6.07, 6.45) is 2.08. The number of nitrogens with two attached hydrogens (primary N) is 1. The maximum absolute atomic E-state index is 12.3. The van der Waals surface area contributed by atoms with Gasteiger partial charge >= 0.3 is 0 Å². The molecule has 1 aromatic carbocycles. The number of hydrogen-bond acceptors (Lipinski definition) is 4. The zero-order valence-electron chi connectivity index (χ0n) is 10.4. The number of nitrogen functional groups attached to an aromatic ring is 1. The summed E-state index contributed by atoms with van der Waals surface area (Å²) in [7, 11) is 1.62. The molecule has 0 heterocycles. The molecule has 1 fully saturated rings. The SMILES string of the molecule is COCCN(C(=O)c1ccc(N)c(O)c1)C1CC1. The van der Waals surface area contributed by atoms with Crippen LogP contribution in [0.4, 0.5) is 5.69 Å². The Morgan fingerprint density at radius 1 is 1.56 bits per heavy atom. The molecule has 5 nitrogen and oxygen atoms in total. The Hall–Kier alpha value is -1.75. The molecule has 0 unspecified atom stereocenters. The standard InChI is InChI=1S/C13H18N2O3/c1-18-7-6-15(10-3-4-10)13(17)9-2-5-11(14)12(16)8-9/h2,5,8,10,16H,3-4,6-7,14H2,1H3. The number of nitrogens with zero attached hydrogens (tertiary/aromatic N) is 1. The molecule has 3 N–H and O–H groups in total. The quantitative estimate of drug-likeness (QED) is 0.608. The highest BCUT2D eigenvalue weighted by Crippen LogP contribution is 2.29. The number of amides is 1. The van der Waals surface area contributed by atoms with Gasteiger partial charge in [0.25, 0.3) is 5.91 Å². The van der Waals surface area contributed by atoms with Crippen molar-refractivity contribution in [3.8, 4) is 5.75 Å². The predicted octanol–water partition coefficient (Wildman–Crippen LogP) is 1.23. The molecule has 1 amide bonds. The molecule has 0 bridgehead atoms. The zero-order chi connectivity index (χ0) is 13.1. The van der Waals surface area contributed by atoms with Crippen molar-refractivity contribution in [3.05, 3.63) is 23.8 Å². The van der Waals surface area contributed by atoms with Crippen LogP contribution in [0, 0.1) is 0 Å². The fourth-order valence-electron chi connectivity index (χ4n) is 1.87. The summed E-state index contributed by atoms with van der Waals surface area (Å²) < 4.78 is 5.02. The molecule has 98 valence electrons. The molecule has 0 aromatic heterocycles. The number of benzene rings is 1. The largest absolute Gasteiger partial charge is 0.506 e. The van der Waals surface area contributed by atoms with Crippen LogP contribution in [-0.2, 0) is 4.74 Å². The lowest BCUT2D eigenvalue weighted by atomic mass is 10.1. The number of hydrogen-bond donors (Lipinski definition) is 2. The molecule has 0 radical (unpaired) electrons. The second-order valence-corrected chi connectivity index (χ2v) is 4.50. The van der Waals surface area contributed by atoms with Crippen molar-refractivity contribution in [2.75, 3.05) is 26.0 Å².